The number of nitrogens with one attached hydrogen (secondary N) is 1. The van der Waals surface area contributed by atoms with E-state index in [1.54, 1.807) is 0 Å². The molecule has 0 radical (unpaired) electrons. The lowest BCUT2D eigenvalue weighted by Gasteiger charge is -2.61. The van der Waals surface area contributed by atoms with Crippen molar-refractivity contribution in [1.82, 2.24) is 0 Å². The average Bonchev–Trinajstić information content (AvgIpc) is 2.86. The third kappa shape index (κ3) is 2.60. The third-order valence-corrected chi connectivity index (χ3v) is 9.25. The van der Waals surface area contributed by atoms with Crippen molar-refractivity contribution in [2.75, 3.05) is 0 Å². The van der Waals surface area contributed by atoms with Gasteiger partial charge in [-0.25, -0.2) is 0 Å². The predicted molar refractivity (Wildman–Crippen MR) is 109 cm³/mol. The summed E-state index contributed by atoms with van der Waals surface area (Å²) in [6, 6.07) is 0. The molecule has 4 N–H and O–H groups in total. The molecule has 0 aromatic heterocycles. The van der Waals surface area contributed by atoms with E-state index < -0.39 is 5.60 Å². The van der Waals surface area contributed by atoms with Gasteiger partial charge in [0.1, 0.15) is 0 Å². The first-order valence-corrected chi connectivity index (χ1v) is 10.9. The van der Waals surface area contributed by atoms with Crippen molar-refractivity contribution in [3.63, 3.8) is 0 Å². The molecule has 6 unspecified atom stereocenters. The van der Waals surface area contributed by atoms with Crippen LogP contribution in [0.25, 0.3) is 0 Å². The number of allylic oxidation sites excluding steroid dienone is 2. The van der Waals surface area contributed by atoms with Crippen LogP contribution in [-0.4, -0.2) is 16.9 Å². The summed E-state index contributed by atoms with van der Waals surface area (Å²) in [5.41, 5.74) is 8.23. The van der Waals surface area contributed by atoms with Gasteiger partial charge in [-0.2, -0.15) is 0 Å². The van der Waals surface area contributed by atoms with Crippen LogP contribution in [0.15, 0.2) is 11.3 Å². The summed E-state index contributed by atoms with van der Waals surface area (Å²) in [6.07, 6.45) is 10.6. The lowest BCUT2D eigenvalue weighted by molar-refractivity contribution is -0.139. The fourth-order valence-electron chi connectivity index (χ4n) is 7.45. The Bertz CT molecular complexity index is 595. The Kier molecular flexibility index (Phi) is 5.10. The second kappa shape index (κ2) is 6.65. The van der Waals surface area contributed by atoms with Gasteiger partial charge in [0.15, 0.2) is 0 Å². The second-order valence-electron chi connectivity index (χ2n) is 10.0. The number of hydrogen-bond acceptors (Lipinski definition) is 3. The van der Waals surface area contributed by atoms with Gasteiger partial charge in [-0.1, -0.05) is 27.7 Å². The Balaban J connectivity index is 0.000000948. The van der Waals surface area contributed by atoms with Crippen molar-refractivity contribution >= 4 is 6.21 Å². The van der Waals surface area contributed by atoms with E-state index >= 15 is 0 Å². The molecule has 0 aromatic rings. The second-order valence-corrected chi connectivity index (χ2v) is 10.0. The largest absolute Gasteiger partial charge is 0.402 e. The van der Waals surface area contributed by atoms with E-state index in [1.807, 2.05) is 13.8 Å². The maximum Gasteiger partial charge on any atom is 0.0675 e. The van der Waals surface area contributed by atoms with Gasteiger partial charge in [0.2, 0.25) is 0 Å². The van der Waals surface area contributed by atoms with Crippen LogP contribution >= 0.6 is 0 Å². The molecule has 0 spiro atoms. The third-order valence-electron chi connectivity index (χ3n) is 9.25. The van der Waals surface area contributed by atoms with E-state index in [9.17, 15) is 5.11 Å². The average molecular weight is 361 g/mol. The summed E-state index contributed by atoms with van der Waals surface area (Å²) in [7, 11) is 0. The van der Waals surface area contributed by atoms with Crippen LogP contribution < -0.4 is 5.73 Å². The predicted octanol–water partition coefficient (Wildman–Crippen LogP) is 5.28. The molecule has 4 rings (SSSR count). The Morgan fingerprint density at radius 1 is 1.04 bits per heavy atom. The molecule has 148 valence electrons. The lowest BCUT2D eigenvalue weighted by Crippen LogP contribution is -2.55. The van der Waals surface area contributed by atoms with Crippen molar-refractivity contribution in [2.24, 2.45) is 40.2 Å². The van der Waals surface area contributed by atoms with Crippen LogP contribution in [0.5, 0.6) is 0 Å². The van der Waals surface area contributed by atoms with Crippen molar-refractivity contribution in [1.29, 1.82) is 5.41 Å². The molecule has 0 aliphatic heterocycles. The highest BCUT2D eigenvalue weighted by atomic mass is 16.3. The highest BCUT2D eigenvalue weighted by molar-refractivity contribution is 5.77. The molecular formula is C23H40N2O. The van der Waals surface area contributed by atoms with E-state index in [2.05, 4.69) is 20.8 Å². The Hall–Kier alpha value is -0.830. The van der Waals surface area contributed by atoms with Crippen molar-refractivity contribution in [3.8, 4) is 0 Å². The van der Waals surface area contributed by atoms with Gasteiger partial charge < -0.3 is 16.2 Å². The molecule has 0 aromatic carbocycles. The number of hydrogen-bond donors (Lipinski definition) is 3. The molecule has 4 aliphatic carbocycles. The van der Waals surface area contributed by atoms with Gasteiger partial charge >= 0.3 is 0 Å². The SMILES string of the molecule is CC.CC12CC(C=N)=C(N)CC1CCC1C2CCC2(C)C1CC[C@]2(C)O. The van der Waals surface area contributed by atoms with Gasteiger partial charge in [0.25, 0.3) is 0 Å². The minimum Gasteiger partial charge on any atom is -0.402 e. The molecule has 7 atom stereocenters. The monoisotopic (exact) mass is 360 g/mol. The van der Waals surface area contributed by atoms with Crippen molar-refractivity contribution in [3.05, 3.63) is 11.3 Å². The fourth-order valence-corrected chi connectivity index (χ4v) is 7.45. The maximum absolute atomic E-state index is 11.0. The zero-order chi connectivity index (χ0) is 19.3. The summed E-state index contributed by atoms with van der Waals surface area (Å²) in [5.74, 6) is 2.86. The number of rotatable bonds is 1. The summed E-state index contributed by atoms with van der Waals surface area (Å²) >= 11 is 0. The summed E-state index contributed by atoms with van der Waals surface area (Å²) in [5, 5.41) is 18.8. The number of aliphatic hydroxyl groups is 1. The Morgan fingerprint density at radius 3 is 2.35 bits per heavy atom. The minimum absolute atomic E-state index is 0.102. The quantitative estimate of drug-likeness (QED) is 0.557. The fraction of sp³-hybridized carbons (Fsp3) is 0.870. The maximum atomic E-state index is 11.0. The summed E-state index contributed by atoms with van der Waals surface area (Å²) in [4.78, 5) is 0. The highest BCUT2D eigenvalue weighted by Crippen LogP contribution is 2.68. The van der Waals surface area contributed by atoms with Crippen LogP contribution in [0, 0.1) is 39.9 Å². The van der Waals surface area contributed by atoms with Gasteiger partial charge in [0.05, 0.1) is 5.60 Å². The molecule has 0 bridgehead atoms. The van der Waals surface area contributed by atoms with E-state index in [1.165, 1.54) is 31.9 Å². The van der Waals surface area contributed by atoms with Crippen LogP contribution in [0.1, 0.15) is 86.0 Å². The van der Waals surface area contributed by atoms with Crippen LogP contribution in [-0.2, 0) is 0 Å². The Labute approximate surface area is 160 Å². The summed E-state index contributed by atoms with van der Waals surface area (Å²) in [6.45, 7) is 10.9. The zero-order valence-electron chi connectivity index (χ0n) is 17.6. The smallest absolute Gasteiger partial charge is 0.0675 e. The van der Waals surface area contributed by atoms with Crippen LogP contribution in [0.2, 0.25) is 0 Å². The molecule has 3 nitrogen and oxygen atoms in total. The van der Waals surface area contributed by atoms with Gasteiger partial charge in [0, 0.05) is 11.9 Å². The number of fused-ring (bicyclic) bond motifs is 5. The molecule has 0 amide bonds. The first kappa shape index (κ1) is 19.9. The van der Waals surface area contributed by atoms with Crippen molar-refractivity contribution < 1.29 is 5.11 Å². The Morgan fingerprint density at radius 2 is 1.69 bits per heavy atom. The van der Waals surface area contributed by atoms with E-state index in [0.29, 0.717) is 17.3 Å². The molecule has 0 heterocycles. The zero-order valence-corrected chi connectivity index (χ0v) is 17.6. The normalized spacial score (nSPS) is 50.1. The van der Waals surface area contributed by atoms with Gasteiger partial charge in [-0.15, -0.1) is 0 Å². The molecule has 4 aliphatic rings. The highest BCUT2D eigenvalue weighted by Gasteiger charge is 2.63. The van der Waals surface area contributed by atoms with E-state index in [4.69, 9.17) is 11.1 Å². The van der Waals surface area contributed by atoms with Crippen LogP contribution in [0.4, 0.5) is 0 Å². The van der Waals surface area contributed by atoms with Crippen LogP contribution in [0.3, 0.4) is 0 Å². The molecule has 26 heavy (non-hydrogen) atoms. The first-order chi connectivity index (χ1) is 12.2. The van der Waals surface area contributed by atoms with E-state index in [0.717, 1.165) is 48.8 Å². The van der Waals surface area contributed by atoms with E-state index in [-0.39, 0.29) is 5.41 Å². The molecular weight excluding hydrogens is 320 g/mol. The standard InChI is InChI=1S/C21H34N2O.C2H6/c1-19-11-13(12-22)18(23)10-14(19)4-5-15-16(19)6-8-20(2)17(15)7-9-21(20,3)24;1-2/h12,14-17,22,24H,4-11,23H2,1-3H3;1-2H3/t14?,15?,16?,17?,19?,20?,21-;/m0./s1. The summed E-state index contributed by atoms with van der Waals surface area (Å²) < 4.78 is 0. The topological polar surface area (TPSA) is 70.1 Å². The first-order valence-electron chi connectivity index (χ1n) is 10.9. The molecule has 3 saturated carbocycles. The lowest BCUT2D eigenvalue weighted by atomic mass is 9.44. The minimum atomic E-state index is -0.489. The molecule has 3 fully saturated rings. The van der Waals surface area contributed by atoms with Gasteiger partial charge in [-0.05, 0) is 98.4 Å². The van der Waals surface area contributed by atoms with Gasteiger partial charge in [-0.3, -0.25) is 0 Å². The molecule has 3 heteroatoms. The molecule has 0 saturated heterocycles. The number of nitrogens with two attached hydrogens (primary N) is 1. The van der Waals surface area contributed by atoms with Crippen molar-refractivity contribution in [2.45, 2.75) is 91.6 Å².